The molecule has 25 heavy (non-hydrogen) atoms. The van der Waals surface area contributed by atoms with Crippen molar-refractivity contribution < 1.29 is 9.21 Å². The molecule has 1 aromatic carbocycles. The van der Waals surface area contributed by atoms with Gasteiger partial charge in [0, 0.05) is 31.9 Å². The van der Waals surface area contributed by atoms with Crippen molar-refractivity contribution in [3.63, 3.8) is 0 Å². The van der Waals surface area contributed by atoms with Gasteiger partial charge in [0.1, 0.15) is 11.3 Å². The van der Waals surface area contributed by atoms with Gasteiger partial charge in [-0.2, -0.15) is 4.98 Å². The molecule has 3 heterocycles. The maximum atomic E-state index is 12.4. The van der Waals surface area contributed by atoms with Crippen molar-refractivity contribution in [1.29, 1.82) is 0 Å². The number of nitrogens with one attached hydrogen (secondary N) is 1. The Morgan fingerprint density at radius 3 is 2.60 bits per heavy atom. The lowest BCUT2D eigenvalue weighted by Gasteiger charge is -2.33. The summed E-state index contributed by atoms with van der Waals surface area (Å²) in [5.41, 5.74) is 2.50. The lowest BCUT2D eigenvalue weighted by Crippen LogP contribution is -2.50. The van der Waals surface area contributed by atoms with Gasteiger partial charge in [-0.1, -0.05) is 18.2 Å². The monoisotopic (exact) mass is 337 g/mol. The Bertz CT molecular complexity index is 866. The van der Waals surface area contributed by atoms with Crippen molar-refractivity contribution in [2.75, 3.05) is 36.4 Å². The molecule has 3 aromatic rings. The fourth-order valence-electron chi connectivity index (χ4n) is 2.90. The van der Waals surface area contributed by atoms with Crippen LogP contribution in [0.3, 0.4) is 0 Å². The maximum Gasteiger partial charge on any atom is 0.323 e. The van der Waals surface area contributed by atoms with Gasteiger partial charge in [0.05, 0.1) is 0 Å². The molecule has 0 radical (unpaired) electrons. The Morgan fingerprint density at radius 2 is 1.84 bits per heavy atom. The minimum atomic E-state index is -0.129. The Hall–Kier alpha value is -3.09. The van der Waals surface area contributed by atoms with E-state index in [-0.39, 0.29) is 6.03 Å². The largest absolute Gasteiger partial charge is 0.423 e. The Balaban J connectivity index is 1.38. The Morgan fingerprint density at radius 1 is 1.04 bits per heavy atom. The number of anilines is 2. The number of hydrogen-bond donors (Lipinski definition) is 1. The molecule has 7 nitrogen and oxygen atoms in total. The van der Waals surface area contributed by atoms with Crippen LogP contribution in [-0.4, -0.2) is 47.1 Å². The van der Waals surface area contributed by atoms with Crippen LogP contribution in [0, 0.1) is 6.92 Å². The number of carbonyl (C=O) groups excluding carboxylic acids is 1. The second-order valence-electron chi connectivity index (χ2n) is 6.03. The normalized spacial score (nSPS) is 14.8. The topological polar surface area (TPSA) is 74.5 Å². The molecule has 128 valence electrons. The van der Waals surface area contributed by atoms with E-state index in [1.807, 2.05) is 43.3 Å². The standard InChI is InChI=1S/C18H19N5O2/c1-13-5-4-8-16(19-13)21-17(24)22-9-11-23(12-10-22)18-20-14-6-2-3-7-15(14)25-18/h2-8H,9-12H2,1H3,(H,19,21,24). The summed E-state index contributed by atoms with van der Waals surface area (Å²) < 4.78 is 5.80. The molecule has 1 saturated heterocycles. The second kappa shape index (κ2) is 6.43. The van der Waals surface area contributed by atoms with Gasteiger partial charge < -0.3 is 14.2 Å². The molecule has 0 spiro atoms. The number of benzene rings is 1. The molecule has 1 N–H and O–H groups in total. The zero-order valence-corrected chi connectivity index (χ0v) is 14.0. The van der Waals surface area contributed by atoms with Gasteiger partial charge in [0.2, 0.25) is 0 Å². The minimum absolute atomic E-state index is 0.129. The average Bonchev–Trinajstić information content (AvgIpc) is 3.06. The van der Waals surface area contributed by atoms with Crippen LogP contribution in [-0.2, 0) is 0 Å². The number of aromatic nitrogens is 2. The maximum absolute atomic E-state index is 12.4. The first-order chi connectivity index (χ1) is 12.2. The van der Waals surface area contributed by atoms with E-state index in [0.29, 0.717) is 38.0 Å². The number of rotatable bonds is 2. The van der Waals surface area contributed by atoms with Gasteiger partial charge in [-0.25, -0.2) is 9.78 Å². The lowest BCUT2D eigenvalue weighted by molar-refractivity contribution is 0.207. The first-order valence-corrected chi connectivity index (χ1v) is 8.29. The molecular formula is C18H19N5O2. The zero-order valence-electron chi connectivity index (χ0n) is 14.0. The van der Waals surface area contributed by atoms with Crippen molar-refractivity contribution in [2.45, 2.75) is 6.92 Å². The molecule has 1 aliphatic rings. The highest BCUT2D eigenvalue weighted by molar-refractivity contribution is 5.88. The molecular weight excluding hydrogens is 318 g/mol. The third-order valence-electron chi connectivity index (χ3n) is 4.24. The molecule has 1 aliphatic heterocycles. The van der Waals surface area contributed by atoms with Crippen LogP contribution in [0.15, 0.2) is 46.9 Å². The van der Waals surface area contributed by atoms with E-state index < -0.39 is 0 Å². The number of urea groups is 1. The molecule has 0 atom stereocenters. The molecule has 0 unspecified atom stereocenters. The van der Waals surface area contributed by atoms with Crippen LogP contribution in [0.4, 0.5) is 16.6 Å². The molecule has 0 bridgehead atoms. The van der Waals surface area contributed by atoms with E-state index in [1.165, 1.54) is 0 Å². The predicted octanol–water partition coefficient (Wildman–Crippen LogP) is 2.89. The van der Waals surface area contributed by atoms with Crippen molar-refractivity contribution in [1.82, 2.24) is 14.9 Å². The fraction of sp³-hybridized carbons (Fsp3) is 0.278. The van der Waals surface area contributed by atoms with Crippen molar-refractivity contribution in [3.05, 3.63) is 48.2 Å². The molecule has 2 amide bonds. The van der Waals surface area contributed by atoms with E-state index in [1.54, 1.807) is 11.0 Å². The molecule has 0 saturated carbocycles. The van der Waals surface area contributed by atoms with Crippen molar-refractivity contribution >= 4 is 29.0 Å². The second-order valence-corrected chi connectivity index (χ2v) is 6.03. The Labute approximate surface area is 145 Å². The molecule has 0 aliphatic carbocycles. The zero-order chi connectivity index (χ0) is 17.2. The Kier molecular flexibility index (Phi) is 3.97. The number of pyridine rings is 1. The molecule has 4 rings (SSSR count). The number of nitrogens with zero attached hydrogens (tertiary/aromatic N) is 4. The first kappa shape index (κ1) is 15.4. The van der Waals surface area contributed by atoms with Gasteiger partial charge in [-0.3, -0.25) is 5.32 Å². The third kappa shape index (κ3) is 3.26. The number of aryl methyl sites for hydroxylation is 1. The lowest BCUT2D eigenvalue weighted by atomic mass is 10.3. The predicted molar refractivity (Wildman–Crippen MR) is 95.8 cm³/mol. The number of hydrogen-bond acceptors (Lipinski definition) is 5. The summed E-state index contributed by atoms with van der Waals surface area (Å²) in [6.45, 7) is 4.48. The van der Waals surface area contributed by atoms with Crippen LogP contribution in [0.5, 0.6) is 0 Å². The van der Waals surface area contributed by atoms with Crippen LogP contribution in [0.1, 0.15) is 5.69 Å². The summed E-state index contributed by atoms with van der Waals surface area (Å²) in [7, 11) is 0. The number of para-hydroxylation sites is 2. The molecule has 7 heteroatoms. The minimum Gasteiger partial charge on any atom is -0.423 e. The van der Waals surface area contributed by atoms with Crippen molar-refractivity contribution in [2.24, 2.45) is 0 Å². The highest BCUT2D eigenvalue weighted by atomic mass is 16.4. The summed E-state index contributed by atoms with van der Waals surface area (Å²) in [4.78, 5) is 25.0. The van der Waals surface area contributed by atoms with Crippen LogP contribution < -0.4 is 10.2 Å². The van der Waals surface area contributed by atoms with Crippen molar-refractivity contribution in [3.8, 4) is 0 Å². The summed E-state index contributed by atoms with van der Waals surface area (Å²) in [5.74, 6) is 0.575. The van der Waals surface area contributed by atoms with E-state index in [2.05, 4.69) is 20.2 Å². The average molecular weight is 337 g/mol. The van der Waals surface area contributed by atoms with Gasteiger partial charge in [0.15, 0.2) is 5.58 Å². The van der Waals surface area contributed by atoms with Crippen LogP contribution in [0.2, 0.25) is 0 Å². The highest BCUT2D eigenvalue weighted by Gasteiger charge is 2.24. The van der Waals surface area contributed by atoms with Gasteiger partial charge in [-0.05, 0) is 31.2 Å². The number of piperazine rings is 1. The fourth-order valence-corrected chi connectivity index (χ4v) is 2.90. The molecule has 1 fully saturated rings. The highest BCUT2D eigenvalue weighted by Crippen LogP contribution is 2.22. The number of oxazole rings is 1. The van der Waals surface area contributed by atoms with E-state index in [9.17, 15) is 4.79 Å². The summed E-state index contributed by atoms with van der Waals surface area (Å²) >= 11 is 0. The number of carbonyl (C=O) groups is 1. The van der Waals surface area contributed by atoms with E-state index >= 15 is 0 Å². The van der Waals surface area contributed by atoms with Gasteiger partial charge in [0.25, 0.3) is 6.01 Å². The first-order valence-electron chi connectivity index (χ1n) is 8.29. The summed E-state index contributed by atoms with van der Waals surface area (Å²) in [6, 6.07) is 13.8. The summed E-state index contributed by atoms with van der Waals surface area (Å²) in [5, 5.41) is 2.85. The number of amides is 2. The van der Waals surface area contributed by atoms with Crippen LogP contribution >= 0.6 is 0 Å². The van der Waals surface area contributed by atoms with Gasteiger partial charge >= 0.3 is 6.03 Å². The summed E-state index contributed by atoms with van der Waals surface area (Å²) in [6.07, 6.45) is 0. The van der Waals surface area contributed by atoms with Crippen LogP contribution in [0.25, 0.3) is 11.1 Å². The third-order valence-corrected chi connectivity index (χ3v) is 4.24. The number of fused-ring (bicyclic) bond motifs is 1. The quantitative estimate of drug-likeness (QED) is 0.778. The van der Waals surface area contributed by atoms with Gasteiger partial charge in [-0.15, -0.1) is 0 Å². The van der Waals surface area contributed by atoms with E-state index in [4.69, 9.17) is 4.42 Å². The smallest absolute Gasteiger partial charge is 0.323 e. The van der Waals surface area contributed by atoms with E-state index in [0.717, 1.165) is 16.8 Å². The SMILES string of the molecule is Cc1cccc(NC(=O)N2CCN(c3nc4ccccc4o3)CC2)n1. The molecule has 2 aromatic heterocycles.